The van der Waals surface area contributed by atoms with Gasteiger partial charge in [-0.05, 0) is 6.04 Å². The fourth-order valence-corrected chi connectivity index (χ4v) is 0.585. The summed E-state index contributed by atoms with van der Waals surface area (Å²) in [6.45, 7) is 0.553. The van der Waals surface area contributed by atoms with Crippen molar-refractivity contribution in [2.75, 3.05) is 6.54 Å². The molecule has 3 heteroatoms. The average molecular weight is 112 g/mol. The van der Waals surface area contributed by atoms with Crippen LogP contribution < -0.4 is 0 Å². The zero-order valence-electron chi connectivity index (χ0n) is 4.24. The Morgan fingerprint density at radius 3 is 2.88 bits per heavy atom. The Labute approximate surface area is 47.0 Å². The maximum absolute atomic E-state index is 10.1. The van der Waals surface area contributed by atoms with Crippen LogP contribution in [0.15, 0.2) is 12.2 Å². The van der Waals surface area contributed by atoms with Gasteiger partial charge in [0, 0.05) is 0 Å². The van der Waals surface area contributed by atoms with Gasteiger partial charge in [-0.3, -0.25) is 4.79 Å². The van der Waals surface area contributed by atoms with Crippen molar-refractivity contribution in [1.29, 1.82) is 0 Å². The Hall–Kier alpha value is -0.830. The summed E-state index contributed by atoms with van der Waals surface area (Å²) in [5.41, 5.74) is 0. The monoisotopic (exact) mass is 112 g/mol. The lowest BCUT2D eigenvalue weighted by Crippen LogP contribution is -2.12. The van der Waals surface area contributed by atoms with Crippen molar-refractivity contribution in [2.24, 2.45) is 0 Å². The fraction of sp³-hybridized carbons (Fsp3) is 0.400. The van der Waals surface area contributed by atoms with E-state index in [4.69, 9.17) is 5.11 Å². The molecule has 8 heavy (non-hydrogen) atoms. The van der Waals surface area contributed by atoms with Crippen molar-refractivity contribution in [1.82, 2.24) is 0 Å². The van der Waals surface area contributed by atoms with Gasteiger partial charge in [0.2, 0.25) is 0 Å². The Kier molecular flexibility index (Phi) is 1.30. The van der Waals surface area contributed by atoms with Crippen LogP contribution in [-0.4, -0.2) is 23.7 Å². The number of rotatable bonds is 1. The highest BCUT2D eigenvalue weighted by Crippen LogP contribution is 2.08. The SMILES string of the molecule is O=C(O)C1C=CC[N-]1. The molecule has 0 aromatic rings. The first-order valence-corrected chi connectivity index (χ1v) is 2.37. The van der Waals surface area contributed by atoms with Gasteiger partial charge in [0.15, 0.2) is 0 Å². The molecular formula is C5H6NO2-. The number of aliphatic carboxylic acids is 1. The van der Waals surface area contributed by atoms with Crippen LogP contribution in [0.2, 0.25) is 0 Å². The lowest BCUT2D eigenvalue weighted by molar-refractivity contribution is -0.136. The molecule has 0 aliphatic carbocycles. The zero-order chi connectivity index (χ0) is 5.98. The van der Waals surface area contributed by atoms with Crippen molar-refractivity contribution in [3.05, 3.63) is 17.5 Å². The summed E-state index contributed by atoms with van der Waals surface area (Å²) in [5.74, 6) is -0.862. The van der Waals surface area contributed by atoms with E-state index in [2.05, 4.69) is 5.32 Å². The number of carboxylic acids is 1. The molecule has 0 amide bonds. The summed E-state index contributed by atoms with van der Waals surface area (Å²) < 4.78 is 0. The summed E-state index contributed by atoms with van der Waals surface area (Å²) in [5, 5.41) is 12.0. The zero-order valence-corrected chi connectivity index (χ0v) is 4.24. The van der Waals surface area contributed by atoms with E-state index in [0.29, 0.717) is 6.54 Å². The van der Waals surface area contributed by atoms with Gasteiger partial charge in [0.05, 0.1) is 0 Å². The summed E-state index contributed by atoms with van der Waals surface area (Å²) in [6, 6.07) is -0.574. The highest BCUT2D eigenvalue weighted by atomic mass is 16.4. The third-order valence-corrected chi connectivity index (χ3v) is 0.979. The molecule has 0 bridgehead atoms. The molecule has 0 aromatic heterocycles. The minimum Gasteiger partial charge on any atom is -0.644 e. The Bertz CT molecular complexity index is 130. The fourth-order valence-electron chi connectivity index (χ4n) is 0.585. The summed E-state index contributed by atoms with van der Waals surface area (Å²) in [7, 11) is 0. The van der Waals surface area contributed by atoms with Crippen LogP contribution in [0.4, 0.5) is 0 Å². The largest absolute Gasteiger partial charge is 0.644 e. The maximum atomic E-state index is 10.1. The first kappa shape index (κ1) is 5.31. The normalized spacial score (nSPS) is 26.2. The van der Waals surface area contributed by atoms with Gasteiger partial charge < -0.3 is 10.4 Å². The van der Waals surface area contributed by atoms with Crippen LogP contribution in [0.25, 0.3) is 5.32 Å². The van der Waals surface area contributed by atoms with E-state index in [1.807, 2.05) is 0 Å². The van der Waals surface area contributed by atoms with Crippen LogP contribution in [0.5, 0.6) is 0 Å². The van der Waals surface area contributed by atoms with E-state index >= 15 is 0 Å². The minimum absolute atomic E-state index is 0.553. The topological polar surface area (TPSA) is 51.4 Å². The molecule has 0 spiro atoms. The maximum Gasteiger partial charge on any atom is 0.289 e. The molecule has 1 rings (SSSR count). The molecule has 0 saturated heterocycles. The second-order valence-electron chi connectivity index (χ2n) is 1.58. The standard InChI is InChI=1S/C5H6NO2/c7-5(8)4-2-1-3-6-4/h1-2,4H,3H2,(H,7,8)/q-1. The van der Waals surface area contributed by atoms with Crippen LogP contribution >= 0.6 is 0 Å². The highest BCUT2D eigenvalue weighted by molar-refractivity contribution is 5.79. The molecule has 1 unspecified atom stereocenters. The van der Waals surface area contributed by atoms with E-state index in [1.165, 1.54) is 0 Å². The molecule has 44 valence electrons. The summed E-state index contributed by atoms with van der Waals surface area (Å²) >= 11 is 0. The van der Waals surface area contributed by atoms with Gasteiger partial charge >= 0.3 is 0 Å². The van der Waals surface area contributed by atoms with Crippen molar-refractivity contribution in [3.63, 3.8) is 0 Å². The van der Waals surface area contributed by atoms with Crippen LogP contribution in [0.1, 0.15) is 0 Å². The van der Waals surface area contributed by atoms with Crippen molar-refractivity contribution < 1.29 is 9.90 Å². The smallest absolute Gasteiger partial charge is 0.289 e. The molecule has 1 aliphatic rings. The Balaban J connectivity index is 2.48. The van der Waals surface area contributed by atoms with Crippen molar-refractivity contribution >= 4 is 5.97 Å². The van der Waals surface area contributed by atoms with Gasteiger partial charge in [0.25, 0.3) is 5.97 Å². The second-order valence-corrected chi connectivity index (χ2v) is 1.58. The number of carboxylic acid groups (broad SMARTS) is 1. The molecule has 0 radical (unpaired) electrons. The van der Waals surface area contributed by atoms with Crippen molar-refractivity contribution in [2.45, 2.75) is 6.04 Å². The Morgan fingerprint density at radius 1 is 1.88 bits per heavy atom. The molecule has 1 aliphatic heterocycles. The number of hydrogen-bond donors (Lipinski definition) is 1. The van der Waals surface area contributed by atoms with Gasteiger partial charge in [0.1, 0.15) is 0 Å². The van der Waals surface area contributed by atoms with E-state index < -0.39 is 12.0 Å². The Morgan fingerprint density at radius 2 is 2.62 bits per heavy atom. The van der Waals surface area contributed by atoms with Crippen LogP contribution in [0.3, 0.4) is 0 Å². The lowest BCUT2D eigenvalue weighted by Gasteiger charge is -2.15. The van der Waals surface area contributed by atoms with E-state index in [9.17, 15) is 4.79 Å². The van der Waals surface area contributed by atoms with E-state index in [0.717, 1.165) is 0 Å². The minimum atomic E-state index is -0.862. The van der Waals surface area contributed by atoms with Crippen LogP contribution in [-0.2, 0) is 4.79 Å². The predicted molar refractivity (Wildman–Crippen MR) is 28.8 cm³/mol. The highest BCUT2D eigenvalue weighted by Gasteiger charge is 2.03. The number of hydrogen-bond acceptors (Lipinski definition) is 1. The summed E-state index contributed by atoms with van der Waals surface area (Å²) in [6.07, 6.45) is 3.33. The molecule has 1 atom stereocenters. The molecular weight excluding hydrogens is 106 g/mol. The molecule has 0 aromatic carbocycles. The number of nitrogens with zero attached hydrogens (tertiary/aromatic N) is 1. The van der Waals surface area contributed by atoms with Gasteiger partial charge in [-0.15, -0.1) is 12.6 Å². The molecule has 0 fully saturated rings. The van der Waals surface area contributed by atoms with E-state index in [1.54, 1.807) is 12.2 Å². The second kappa shape index (κ2) is 1.96. The predicted octanol–water partition coefficient (Wildman–Crippen LogP) is 0.383. The first-order chi connectivity index (χ1) is 3.80. The third-order valence-electron chi connectivity index (χ3n) is 0.979. The van der Waals surface area contributed by atoms with Gasteiger partial charge in [-0.2, -0.15) is 0 Å². The first-order valence-electron chi connectivity index (χ1n) is 2.37. The van der Waals surface area contributed by atoms with Crippen molar-refractivity contribution in [3.8, 4) is 0 Å². The third kappa shape index (κ3) is 0.869. The van der Waals surface area contributed by atoms with Gasteiger partial charge in [-0.1, -0.05) is 6.08 Å². The quantitative estimate of drug-likeness (QED) is 0.498. The average Bonchev–Trinajstić information content (AvgIpc) is 2.12. The van der Waals surface area contributed by atoms with Gasteiger partial charge in [-0.25, -0.2) is 0 Å². The molecule has 1 heterocycles. The van der Waals surface area contributed by atoms with Crippen LogP contribution in [0, 0.1) is 0 Å². The molecule has 3 nitrogen and oxygen atoms in total. The van der Waals surface area contributed by atoms with E-state index in [-0.39, 0.29) is 0 Å². The number of carbonyl (C=O) groups is 1. The lowest BCUT2D eigenvalue weighted by atomic mass is 10.3. The molecule has 1 N–H and O–H groups in total. The summed E-state index contributed by atoms with van der Waals surface area (Å²) in [4.78, 5) is 10.1. The molecule has 0 saturated carbocycles.